The molecule has 4 heteroatoms. The van der Waals surface area contributed by atoms with E-state index in [1.807, 2.05) is 13.0 Å². The molecule has 3 nitrogen and oxygen atoms in total. The monoisotopic (exact) mass is 229 g/mol. The van der Waals surface area contributed by atoms with Gasteiger partial charge in [-0.2, -0.15) is 0 Å². The molecule has 0 bridgehead atoms. The van der Waals surface area contributed by atoms with E-state index in [0.717, 1.165) is 31.8 Å². The third-order valence-electron chi connectivity index (χ3n) is 3.00. The van der Waals surface area contributed by atoms with E-state index < -0.39 is 0 Å². The minimum atomic E-state index is -0.213. The number of nitrogens with zero attached hydrogens (tertiary/aromatic N) is 1. The maximum atomic E-state index is 9.47. The van der Waals surface area contributed by atoms with Crippen molar-refractivity contribution in [2.24, 2.45) is 5.92 Å². The van der Waals surface area contributed by atoms with Crippen molar-refractivity contribution >= 4 is 11.6 Å². The summed E-state index contributed by atoms with van der Waals surface area (Å²) in [6.45, 7) is 4.61. The zero-order chi connectivity index (χ0) is 10.8. The average Bonchev–Trinajstić information content (AvgIpc) is 2.76. The van der Waals surface area contributed by atoms with Gasteiger partial charge in [-0.1, -0.05) is 0 Å². The second-order valence-corrected chi connectivity index (χ2v) is 4.60. The number of likely N-dealkylation sites (tertiary alicyclic amines) is 1. The van der Waals surface area contributed by atoms with Gasteiger partial charge < -0.3 is 9.52 Å². The number of halogens is 1. The zero-order valence-electron chi connectivity index (χ0n) is 8.82. The van der Waals surface area contributed by atoms with Crippen molar-refractivity contribution < 1.29 is 9.52 Å². The first kappa shape index (κ1) is 11.0. The van der Waals surface area contributed by atoms with Crippen molar-refractivity contribution in [3.05, 3.63) is 23.1 Å². The first-order valence-electron chi connectivity index (χ1n) is 5.30. The second-order valence-electron chi connectivity index (χ2n) is 4.23. The third-order valence-corrected chi connectivity index (χ3v) is 3.20. The Morgan fingerprint density at radius 1 is 1.67 bits per heavy atom. The summed E-state index contributed by atoms with van der Waals surface area (Å²) in [5, 5.41) is 9.91. The van der Waals surface area contributed by atoms with Crippen LogP contribution in [0.15, 0.2) is 16.5 Å². The minimum absolute atomic E-state index is 0.213. The fraction of sp³-hybridized carbons (Fsp3) is 0.636. The molecular weight excluding hydrogens is 214 g/mol. The highest BCUT2D eigenvalue weighted by Gasteiger charge is 2.26. The molecule has 0 saturated carbocycles. The van der Waals surface area contributed by atoms with Crippen LogP contribution in [0.25, 0.3) is 0 Å². The summed E-state index contributed by atoms with van der Waals surface area (Å²) in [6, 6.07) is 3.66. The topological polar surface area (TPSA) is 36.6 Å². The van der Waals surface area contributed by atoms with Crippen molar-refractivity contribution in [2.75, 3.05) is 13.1 Å². The van der Waals surface area contributed by atoms with Crippen LogP contribution in [0.1, 0.15) is 19.1 Å². The average molecular weight is 230 g/mol. The van der Waals surface area contributed by atoms with Crippen molar-refractivity contribution in [3.8, 4) is 0 Å². The summed E-state index contributed by atoms with van der Waals surface area (Å²) in [6.07, 6.45) is 0.849. The van der Waals surface area contributed by atoms with Crippen LogP contribution >= 0.6 is 11.6 Å². The Bertz CT molecular complexity index is 324. The molecule has 2 rings (SSSR count). The Hall–Kier alpha value is -0.510. The number of hydrogen-bond donors (Lipinski definition) is 1. The molecule has 2 unspecified atom stereocenters. The Kier molecular flexibility index (Phi) is 3.34. The van der Waals surface area contributed by atoms with Gasteiger partial charge >= 0.3 is 0 Å². The van der Waals surface area contributed by atoms with Crippen molar-refractivity contribution in [3.63, 3.8) is 0 Å². The van der Waals surface area contributed by atoms with E-state index >= 15 is 0 Å². The predicted molar refractivity (Wildman–Crippen MR) is 58.8 cm³/mol. The van der Waals surface area contributed by atoms with Gasteiger partial charge in [0.25, 0.3) is 0 Å². The van der Waals surface area contributed by atoms with E-state index in [9.17, 15) is 5.11 Å². The summed E-state index contributed by atoms with van der Waals surface area (Å²) in [7, 11) is 0. The van der Waals surface area contributed by atoms with Gasteiger partial charge in [-0.25, -0.2) is 0 Å². The Morgan fingerprint density at radius 3 is 3.00 bits per heavy atom. The summed E-state index contributed by atoms with van der Waals surface area (Å²) in [5.74, 6) is 1.29. The maximum Gasteiger partial charge on any atom is 0.193 e. The fourth-order valence-corrected chi connectivity index (χ4v) is 2.22. The normalized spacial score (nSPS) is 24.6. The molecule has 1 N–H and O–H groups in total. The molecular formula is C11H16ClNO2. The van der Waals surface area contributed by atoms with Crippen molar-refractivity contribution in [1.29, 1.82) is 0 Å². The molecule has 0 aromatic carbocycles. The molecule has 1 aromatic rings. The number of aliphatic hydroxyl groups excluding tert-OH is 1. The van der Waals surface area contributed by atoms with E-state index in [-0.39, 0.29) is 6.10 Å². The van der Waals surface area contributed by atoms with Gasteiger partial charge in [-0.3, -0.25) is 4.90 Å². The van der Waals surface area contributed by atoms with Crippen LogP contribution in [-0.2, 0) is 6.54 Å². The largest absolute Gasteiger partial charge is 0.448 e. The lowest BCUT2D eigenvalue weighted by Gasteiger charge is -2.15. The molecule has 1 aliphatic heterocycles. The van der Waals surface area contributed by atoms with Crippen LogP contribution in [0, 0.1) is 5.92 Å². The quantitative estimate of drug-likeness (QED) is 0.863. The van der Waals surface area contributed by atoms with Crippen LogP contribution in [-0.4, -0.2) is 29.2 Å². The number of furan rings is 1. The van der Waals surface area contributed by atoms with E-state index in [0.29, 0.717) is 11.1 Å². The molecule has 0 radical (unpaired) electrons. The molecule has 0 aliphatic carbocycles. The molecule has 1 aliphatic rings. The zero-order valence-corrected chi connectivity index (χ0v) is 9.57. The highest BCUT2D eigenvalue weighted by atomic mass is 35.5. The summed E-state index contributed by atoms with van der Waals surface area (Å²) in [5.41, 5.74) is 0. The molecule has 1 aromatic heterocycles. The number of hydrogen-bond acceptors (Lipinski definition) is 3. The van der Waals surface area contributed by atoms with Gasteiger partial charge in [0, 0.05) is 6.54 Å². The van der Waals surface area contributed by atoms with Gasteiger partial charge in [-0.05, 0) is 49.5 Å². The standard InChI is InChI=1S/C11H16ClNO2/c1-8(14)9-4-5-13(6-9)7-10-2-3-11(12)15-10/h2-3,8-9,14H,4-7H2,1H3. The lowest BCUT2D eigenvalue weighted by atomic mass is 10.0. The lowest BCUT2D eigenvalue weighted by Crippen LogP contribution is -2.23. The van der Waals surface area contributed by atoms with Gasteiger partial charge in [0.05, 0.1) is 12.6 Å². The van der Waals surface area contributed by atoms with E-state index in [2.05, 4.69) is 4.90 Å². The highest BCUT2D eigenvalue weighted by molar-refractivity contribution is 6.28. The van der Waals surface area contributed by atoms with Crippen molar-refractivity contribution in [2.45, 2.75) is 26.0 Å². The van der Waals surface area contributed by atoms with Crippen LogP contribution in [0.3, 0.4) is 0 Å². The van der Waals surface area contributed by atoms with E-state index in [4.69, 9.17) is 16.0 Å². The summed E-state index contributed by atoms with van der Waals surface area (Å²) >= 11 is 5.70. The van der Waals surface area contributed by atoms with Crippen molar-refractivity contribution in [1.82, 2.24) is 4.90 Å². The van der Waals surface area contributed by atoms with E-state index in [1.165, 1.54) is 0 Å². The highest BCUT2D eigenvalue weighted by Crippen LogP contribution is 2.22. The molecule has 84 valence electrons. The second kappa shape index (κ2) is 4.56. The Morgan fingerprint density at radius 2 is 2.47 bits per heavy atom. The molecule has 2 heterocycles. The SMILES string of the molecule is CC(O)C1CCN(Cc2ccc(Cl)o2)C1. The van der Waals surface area contributed by atoms with Gasteiger partial charge in [0.1, 0.15) is 5.76 Å². The molecule has 0 spiro atoms. The Labute approximate surface area is 94.6 Å². The van der Waals surface area contributed by atoms with E-state index in [1.54, 1.807) is 6.07 Å². The van der Waals surface area contributed by atoms with Gasteiger partial charge in [0.15, 0.2) is 5.22 Å². The van der Waals surface area contributed by atoms with Gasteiger partial charge in [0.2, 0.25) is 0 Å². The summed E-state index contributed by atoms with van der Waals surface area (Å²) < 4.78 is 5.30. The lowest BCUT2D eigenvalue weighted by molar-refractivity contribution is 0.126. The smallest absolute Gasteiger partial charge is 0.193 e. The summed E-state index contributed by atoms with van der Waals surface area (Å²) in [4.78, 5) is 2.28. The number of rotatable bonds is 3. The Balaban J connectivity index is 1.87. The van der Waals surface area contributed by atoms with Gasteiger partial charge in [-0.15, -0.1) is 0 Å². The predicted octanol–water partition coefficient (Wildman–Crippen LogP) is 2.14. The van der Waals surface area contributed by atoms with Crippen LogP contribution < -0.4 is 0 Å². The first-order chi connectivity index (χ1) is 7.15. The minimum Gasteiger partial charge on any atom is -0.448 e. The molecule has 1 saturated heterocycles. The number of aliphatic hydroxyl groups is 1. The molecule has 0 amide bonds. The fourth-order valence-electron chi connectivity index (χ4n) is 2.06. The first-order valence-corrected chi connectivity index (χ1v) is 5.67. The maximum absolute atomic E-state index is 9.47. The molecule has 15 heavy (non-hydrogen) atoms. The molecule has 2 atom stereocenters. The van der Waals surface area contributed by atoms with Crippen LogP contribution in [0.4, 0.5) is 0 Å². The third kappa shape index (κ3) is 2.74. The van der Waals surface area contributed by atoms with Crippen LogP contribution in [0.2, 0.25) is 5.22 Å². The van der Waals surface area contributed by atoms with Crippen LogP contribution in [0.5, 0.6) is 0 Å². The molecule has 1 fully saturated rings.